The average Bonchev–Trinajstić information content (AvgIpc) is 3.00. The third kappa shape index (κ3) is 5.80. The SMILES string of the molecule is CCOC(=O)c1cc(NC(=O)CN2C(=O)S/C(=C\c3cc(Cl)c(O)c(Cl)c3)C2=O)ccc1Cl. The number of imide groups is 1. The van der Waals surface area contributed by atoms with E-state index in [2.05, 4.69) is 5.32 Å². The van der Waals surface area contributed by atoms with Crippen molar-refractivity contribution in [2.75, 3.05) is 18.5 Å². The van der Waals surface area contributed by atoms with Gasteiger partial charge in [0.25, 0.3) is 11.1 Å². The Balaban J connectivity index is 1.72. The molecule has 1 heterocycles. The van der Waals surface area contributed by atoms with Crippen LogP contribution in [0.2, 0.25) is 15.1 Å². The van der Waals surface area contributed by atoms with Gasteiger partial charge in [0.15, 0.2) is 5.75 Å². The number of aromatic hydroxyl groups is 1. The average molecular weight is 530 g/mol. The first-order valence-corrected chi connectivity index (χ1v) is 11.3. The van der Waals surface area contributed by atoms with Crippen molar-refractivity contribution in [2.45, 2.75) is 6.92 Å². The zero-order chi connectivity index (χ0) is 24.3. The highest BCUT2D eigenvalue weighted by atomic mass is 35.5. The second-order valence-electron chi connectivity index (χ2n) is 6.56. The van der Waals surface area contributed by atoms with E-state index < -0.39 is 29.6 Å². The summed E-state index contributed by atoms with van der Waals surface area (Å²) in [4.78, 5) is 50.2. The van der Waals surface area contributed by atoms with E-state index in [9.17, 15) is 24.3 Å². The first-order chi connectivity index (χ1) is 15.6. The van der Waals surface area contributed by atoms with Crippen LogP contribution in [-0.2, 0) is 14.3 Å². The first kappa shape index (κ1) is 24.9. The van der Waals surface area contributed by atoms with E-state index in [0.717, 1.165) is 4.90 Å². The molecule has 0 unspecified atom stereocenters. The van der Waals surface area contributed by atoms with Crippen molar-refractivity contribution in [1.82, 2.24) is 4.90 Å². The van der Waals surface area contributed by atoms with E-state index in [1.165, 1.54) is 36.4 Å². The fourth-order valence-corrected chi connectivity index (χ4v) is 4.31. The summed E-state index contributed by atoms with van der Waals surface area (Å²) < 4.78 is 4.91. The lowest BCUT2D eigenvalue weighted by molar-refractivity contribution is -0.127. The Morgan fingerprint density at radius 3 is 2.42 bits per heavy atom. The Hall–Kier alpha value is -2.72. The van der Waals surface area contributed by atoms with Crippen molar-refractivity contribution in [3.05, 3.63) is 61.4 Å². The Morgan fingerprint density at radius 2 is 1.79 bits per heavy atom. The second-order valence-corrected chi connectivity index (χ2v) is 8.78. The van der Waals surface area contributed by atoms with Crippen LogP contribution in [-0.4, -0.2) is 46.2 Å². The predicted octanol–water partition coefficient (Wildman–Crippen LogP) is 5.20. The van der Waals surface area contributed by atoms with Crippen molar-refractivity contribution in [1.29, 1.82) is 0 Å². The number of nitrogens with zero attached hydrogens (tertiary/aromatic N) is 1. The largest absolute Gasteiger partial charge is 0.505 e. The molecule has 2 aromatic rings. The number of ether oxygens (including phenoxy) is 1. The van der Waals surface area contributed by atoms with Crippen LogP contribution in [0, 0.1) is 0 Å². The van der Waals surface area contributed by atoms with Crippen molar-refractivity contribution in [2.24, 2.45) is 0 Å². The Morgan fingerprint density at radius 1 is 1.12 bits per heavy atom. The van der Waals surface area contributed by atoms with E-state index in [1.807, 2.05) is 0 Å². The molecule has 2 N–H and O–H groups in total. The quantitative estimate of drug-likeness (QED) is 0.390. The molecule has 3 amide bonds. The highest BCUT2D eigenvalue weighted by molar-refractivity contribution is 8.18. The number of hydrogen-bond acceptors (Lipinski definition) is 7. The highest BCUT2D eigenvalue weighted by Gasteiger charge is 2.36. The Bertz CT molecular complexity index is 1180. The molecule has 0 bridgehead atoms. The van der Waals surface area contributed by atoms with Gasteiger partial charge < -0.3 is 15.2 Å². The summed E-state index contributed by atoms with van der Waals surface area (Å²) in [6.45, 7) is 1.25. The fraction of sp³-hybridized carbons (Fsp3) is 0.143. The molecule has 1 aliphatic heterocycles. The number of anilines is 1. The van der Waals surface area contributed by atoms with Crippen LogP contribution >= 0.6 is 46.6 Å². The van der Waals surface area contributed by atoms with E-state index in [4.69, 9.17) is 39.5 Å². The van der Waals surface area contributed by atoms with Crippen LogP contribution in [0.1, 0.15) is 22.8 Å². The minimum atomic E-state index is -0.677. The number of hydrogen-bond donors (Lipinski definition) is 2. The maximum Gasteiger partial charge on any atom is 0.339 e. The minimum absolute atomic E-state index is 0.0162. The number of esters is 1. The summed E-state index contributed by atoms with van der Waals surface area (Å²) in [5.74, 6) is -2.28. The molecule has 0 saturated carbocycles. The topological polar surface area (TPSA) is 113 Å². The molecule has 0 aromatic heterocycles. The summed E-state index contributed by atoms with van der Waals surface area (Å²) in [5.41, 5.74) is 0.699. The number of halogens is 3. The normalized spacial score (nSPS) is 14.7. The van der Waals surface area contributed by atoms with Gasteiger partial charge in [-0.1, -0.05) is 34.8 Å². The van der Waals surface area contributed by atoms with Gasteiger partial charge in [0, 0.05) is 5.69 Å². The second kappa shape index (κ2) is 10.5. The van der Waals surface area contributed by atoms with Gasteiger partial charge in [-0.05, 0) is 60.7 Å². The zero-order valence-electron chi connectivity index (χ0n) is 16.9. The number of amides is 3. The number of carbonyl (C=O) groups is 4. The molecule has 8 nitrogen and oxygen atoms in total. The number of thioether (sulfide) groups is 1. The third-order valence-electron chi connectivity index (χ3n) is 4.26. The standard InChI is InChI=1S/C21H15Cl3N2O6S/c1-2-32-20(30)12-8-11(3-4-13(12)22)25-17(27)9-26-19(29)16(33-21(26)31)7-10-5-14(23)18(28)15(24)6-10/h3-8,28H,2,9H2,1H3,(H,25,27)/b16-7-. The first-order valence-electron chi connectivity index (χ1n) is 9.30. The predicted molar refractivity (Wildman–Crippen MR) is 127 cm³/mol. The van der Waals surface area contributed by atoms with E-state index >= 15 is 0 Å². The van der Waals surface area contributed by atoms with Crippen molar-refractivity contribution < 1.29 is 29.0 Å². The summed E-state index contributed by atoms with van der Waals surface area (Å²) in [6, 6.07) is 6.98. The molecule has 1 aliphatic rings. The van der Waals surface area contributed by atoms with Gasteiger partial charge in [0.1, 0.15) is 6.54 Å². The highest BCUT2D eigenvalue weighted by Crippen LogP contribution is 2.36. The van der Waals surface area contributed by atoms with E-state index in [1.54, 1.807) is 6.92 Å². The molecule has 33 heavy (non-hydrogen) atoms. The van der Waals surface area contributed by atoms with Crippen LogP contribution in [0.5, 0.6) is 5.75 Å². The van der Waals surface area contributed by atoms with Crippen LogP contribution in [0.15, 0.2) is 35.2 Å². The van der Waals surface area contributed by atoms with E-state index in [0.29, 0.717) is 17.3 Å². The molecule has 1 saturated heterocycles. The van der Waals surface area contributed by atoms with Crippen molar-refractivity contribution in [3.8, 4) is 5.75 Å². The molecule has 3 rings (SSSR count). The minimum Gasteiger partial charge on any atom is -0.505 e. The lowest BCUT2D eigenvalue weighted by atomic mass is 10.2. The summed E-state index contributed by atoms with van der Waals surface area (Å²) in [7, 11) is 0. The summed E-state index contributed by atoms with van der Waals surface area (Å²) >= 11 is 18.4. The molecule has 12 heteroatoms. The molecule has 0 radical (unpaired) electrons. The molecule has 172 valence electrons. The number of phenolic OH excluding ortho intramolecular Hbond substituents is 1. The molecule has 1 fully saturated rings. The summed E-state index contributed by atoms with van der Waals surface area (Å²) in [6.07, 6.45) is 1.38. The Labute approximate surface area is 207 Å². The van der Waals surface area contributed by atoms with E-state index in [-0.39, 0.29) is 43.6 Å². The van der Waals surface area contributed by atoms with Gasteiger partial charge in [-0.15, -0.1) is 0 Å². The molecule has 0 spiro atoms. The van der Waals surface area contributed by atoms with Crippen LogP contribution in [0.4, 0.5) is 10.5 Å². The lowest BCUT2D eigenvalue weighted by Gasteiger charge is -2.13. The van der Waals surface area contributed by atoms with Gasteiger partial charge in [0.05, 0.1) is 32.1 Å². The molecule has 2 aromatic carbocycles. The van der Waals surface area contributed by atoms with Gasteiger partial charge in [0.2, 0.25) is 5.91 Å². The zero-order valence-corrected chi connectivity index (χ0v) is 19.9. The maximum absolute atomic E-state index is 12.6. The molecular weight excluding hydrogens is 515 g/mol. The van der Waals surface area contributed by atoms with Crippen LogP contribution < -0.4 is 5.32 Å². The Kier molecular flexibility index (Phi) is 7.91. The van der Waals surface area contributed by atoms with Crippen LogP contribution in [0.3, 0.4) is 0 Å². The third-order valence-corrected chi connectivity index (χ3v) is 6.07. The smallest absolute Gasteiger partial charge is 0.339 e. The number of nitrogens with one attached hydrogen (secondary N) is 1. The lowest BCUT2D eigenvalue weighted by Crippen LogP contribution is -2.36. The number of benzene rings is 2. The van der Waals surface area contributed by atoms with Gasteiger partial charge >= 0.3 is 5.97 Å². The number of rotatable bonds is 6. The molecular formula is C21H15Cl3N2O6S. The summed E-state index contributed by atoms with van der Waals surface area (Å²) in [5, 5.41) is 11.6. The fourth-order valence-electron chi connectivity index (χ4n) is 2.77. The van der Waals surface area contributed by atoms with Crippen molar-refractivity contribution in [3.63, 3.8) is 0 Å². The molecule has 0 aliphatic carbocycles. The van der Waals surface area contributed by atoms with Crippen LogP contribution in [0.25, 0.3) is 6.08 Å². The molecule has 0 atom stereocenters. The van der Waals surface area contributed by atoms with Gasteiger partial charge in [-0.2, -0.15) is 0 Å². The van der Waals surface area contributed by atoms with Crippen molar-refractivity contribution >= 4 is 81.4 Å². The maximum atomic E-state index is 12.6. The monoisotopic (exact) mass is 528 g/mol. The number of phenols is 1. The number of carbonyl (C=O) groups excluding carboxylic acids is 4. The van der Waals surface area contributed by atoms with Gasteiger partial charge in [-0.3, -0.25) is 19.3 Å². The van der Waals surface area contributed by atoms with Gasteiger partial charge in [-0.25, -0.2) is 4.79 Å².